The number of hydrogen-bond acceptors (Lipinski definition) is 3. The van der Waals surface area contributed by atoms with E-state index in [0.717, 1.165) is 22.4 Å². The second kappa shape index (κ2) is 5.26. The number of rotatable bonds is 3. The molecule has 0 amide bonds. The quantitative estimate of drug-likeness (QED) is 0.698. The molecule has 0 spiro atoms. The van der Waals surface area contributed by atoms with E-state index in [9.17, 15) is 4.79 Å². The van der Waals surface area contributed by atoms with Crippen LogP contribution in [0.1, 0.15) is 18.1 Å². The van der Waals surface area contributed by atoms with Crippen LogP contribution in [-0.2, 0) is 6.54 Å². The summed E-state index contributed by atoms with van der Waals surface area (Å²) >= 11 is 0. The van der Waals surface area contributed by atoms with Crippen molar-refractivity contribution in [2.45, 2.75) is 27.3 Å². The molecule has 22 heavy (non-hydrogen) atoms. The van der Waals surface area contributed by atoms with Crippen molar-refractivity contribution < 1.29 is 0 Å². The van der Waals surface area contributed by atoms with Gasteiger partial charge in [0.05, 0.1) is 11.9 Å². The van der Waals surface area contributed by atoms with Gasteiger partial charge in [-0.15, -0.1) is 0 Å². The van der Waals surface area contributed by atoms with Gasteiger partial charge in [0.2, 0.25) is 0 Å². The minimum absolute atomic E-state index is 0.0939. The van der Waals surface area contributed by atoms with E-state index in [1.807, 2.05) is 32.9 Å². The molecule has 2 heterocycles. The number of hydrogen-bond donors (Lipinski definition) is 0. The third kappa shape index (κ3) is 2.45. The van der Waals surface area contributed by atoms with Crippen LogP contribution < -0.4 is 5.56 Å². The summed E-state index contributed by atoms with van der Waals surface area (Å²) in [6.45, 7) is 10.3. The smallest absolute Gasteiger partial charge is 0.264 e. The molecule has 0 N–H and O–H groups in total. The molecule has 0 saturated heterocycles. The van der Waals surface area contributed by atoms with E-state index < -0.39 is 0 Å². The lowest BCUT2D eigenvalue weighted by molar-refractivity contribution is 0.736. The van der Waals surface area contributed by atoms with Gasteiger partial charge < -0.3 is 0 Å². The van der Waals surface area contributed by atoms with E-state index in [2.05, 4.69) is 22.7 Å². The number of aromatic nitrogens is 4. The first kappa shape index (κ1) is 14.3. The molecule has 0 bridgehead atoms. The molecular weight excluding hydrogens is 276 g/mol. The zero-order chi connectivity index (χ0) is 15.9. The lowest BCUT2D eigenvalue weighted by Gasteiger charge is -2.07. The first-order valence-corrected chi connectivity index (χ1v) is 7.12. The fraction of sp³-hybridized carbons (Fsp3) is 0.235. The summed E-state index contributed by atoms with van der Waals surface area (Å²) in [5.74, 6) is 0. The Balaban J connectivity index is 2.19. The molecule has 2 aromatic heterocycles. The third-order valence-corrected chi connectivity index (χ3v) is 3.45. The third-order valence-electron chi connectivity index (χ3n) is 3.45. The highest BCUT2D eigenvalue weighted by Crippen LogP contribution is 2.17. The fourth-order valence-corrected chi connectivity index (χ4v) is 2.61. The molecule has 0 atom stereocenters. The lowest BCUT2D eigenvalue weighted by Crippen LogP contribution is -2.20. The number of aryl methyl sites for hydroxylation is 2. The molecule has 0 aliphatic rings. The van der Waals surface area contributed by atoms with Gasteiger partial charge in [-0.1, -0.05) is 18.2 Å². The Morgan fingerprint density at radius 3 is 2.55 bits per heavy atom. The summed E-state index contributed by atoms with van der Waals surface area (Å²) in [6, 6.07) is 6.16. The second-order valence-electron chi connectivity index (χ2n) is 5.77. The Kier molecular flexibility index (Phi) is 3.41. The summed E-state index contributed by atoms with van der Waals surface area (Å²) in [6.07, 6.45) is 3.14. The van der Waals surface area contributed by atoms with Gasteiger partial charge in [-0.2, -0.15) is 5.10 Å². The number of fused-ring (bicyclic) bond motifs is 1. The summed E-state index contributed by atoms with van der Waals surface area (Å²) in [5, 5.41) is 4.86. The highest BCUT2D eigenvalue weighted by Gasteiger charge is 2.11. The number of benzene rings is 1. The van der Waals surface area contributed by atoms with Crippen LogP contribution >= 0.6 is 0 Å². The van der Waals surface area contributed by atoms with E-state index in [1.54, 1.807) is 21.8 Å². The first-order valence-electron chi connectivity index (χ1n) is 7.12. The number of allylic oxidation sites excluding steroid dienone is 1. The van der Waals surface area contributed by atoms with E-state index in [4.69, 9.17) is 0 Å². The fourth-order valence-electron chi connectivity index (χ4n) is 2.61. The normalized spacial score (nSPS) is 11.0. The van der Waals surface area contributed by atoms with Gasteiger partial charge in [0.1, 0.15) is 11.7 Å². The van der Waals surface area contributed by atoms with Crippen molar-refractivity contribution in [2.24, 2.45) is 0 Å². The van der Waals surface area contributed by atoms with Crippen LogP contribution in [0.25, 0.3) is 16.7 Å². The Hall–Kier alpha value is -2.69. The summed E-state index contributed by atoms with van der Waals surface area (Å²) in [7, 11) is 0. The molecule has 3 aromatic rings. The molecule has 0 fully saturated rings. The van der Waals surface area contributed by atoms with E-state index in [-0.39, 0.29) is 5.56 Å². The molecule has 0 radical (unpaired) electrons. The van der Waals surface area contributed by atoms with Gasteiger partial charge in [0.15, 0.2) is 5.65 Å². The second-order valence-corrected chi connectivity index (χ2v) is 5.77. The Bertz CT molecular complexity index is 913. The van der Waals surface area contributed by atoms with Crippen molar-refractivity contribution in [1.29, 1.82) is 0 Å². The molecular formula is C17H18N4O. The van der Waals surface area contributed by atoms with Crippen molar-refractivity contribution in [2.75, 3.05) is 0 Å². The predicted octanol–water partition coefficient (Wildman–Crippen LogP) is 2.78. The van der Waals surface area contributed by atoms with Crippen molar-refractivity contribution in [3.8, 4) is 5.69 Å². The molecule has 0 aliphatic carbocycles. The molecule has 0 unspecified atom stereocenters. The standard InChI is InChI=1S/C17H18N4O/c1-11(2)9-20-10-18-16-15(17(20)22)8-19-21(16)14-6-12(3)5-13(4)7-14/h5-8,10H,1,9H2,2-4H3. The first-order chi connectivity index (χ1) is 10.5. The predicted molar refractivity (Wildman–Crippen MR) is 87.4 cm³/mol. The van der Waals surface area contributed by atoms with Gasteiger partial charge >= 0.3 is 0 Å². The Morgan fingerprint density at radius 2 is 1.91 bits per heavy atom. The Labute approximate surface area is 128 Å². The maximum absolute atomic E-state index is 12.5. The largest absolute Gasteiger partial charge is 0.294 e. The van der Waals surface area contributed by atoms with Crippen molar-refractivity contribution >= 4 is 11.0 Å². The molecule has 112 valence electrons. The van der Waals surface area contributed by atoms with Crippen LogP contribution in [0.3, 0.4) is 0 Å². The topological polar surface area (TPSA) is 52.7 Å². The molecule has 1 aromatic carbocycles. The lowest BCUT2D eigenvalue weighted by atomic mass is 10.1. The monoisotopic (exact) mass is 294 g/mol. The van der Waals surface area contributed by atoms with Crippen molar-refractivity contribution in [3.63, 3.8) is 0 Å². The van der Waals surface area contributed by atoms with Crippen LogP contribution in [0.5, 0.6) is 0 Å². The van der Waals surface area contributed by atoms with Gasteiger partial charge in [-0.25, -0.2) is 9.67 Å². The zero-order valence-corrected chi connectivity index (χ0v) is 13.0. The maximum Gasteiger partial charge on any atom is 0.264 e. The molecule has 3 rings (SSSR count). The minimum Gasteiger partial charge on any atom is -0.294 e. The highest BCUT2D eigenvalue weighted by molar-refractivity contribution is 5.75. The molecule has 0 aliphatic heterocycles. The van der Waals surface area contributed by atoms with Crippen LogP contribution in [-0.4, -0.2) is 19.3 Å². The SMILES string of the molecule is C=C(C)Cn1cnc2c(cnn2-c2cc(C)cc(C)c2)c1=O. The van der Waals surface area contributed by atoms with Crippen LogP contribution in [0.15, 0.2) is 47.7 Å². The van der Waals surface area contributed by atoms with E-state index in [0.29, 0.717) is 17.6 Å². The summed E-state index contributed by atoms with van der Waals surface area (Å²) < 4.78 is 3.26. The average Bonchev–Trinajstić information content (AvgIpc) is 2.85. The van der Waals surface area contributed by atoms with Crippen molar-refractivity contribution in [1.82, 2.24) is 19.3 Å². The van der Waals surface area contributed by atoms with Crippen LogP contribution in [0, 0.1) is 13.8 Å². The zero-order valence-electron chi connectivity index (χ0n) is 13.0. The van der Waals surface area contributed by atoms with Crippen LogP contribution in [0.2, 0.25) is 0 Å². The van der Waals surface area contributed by atoms with Crippen LogP contribution in [0.4, 0.5) is 0 Å². The molecule has 0 saturated carbocycles. The van der Waals surface area contributed by atoms with E-state index >= 15 is 0 Å². The average molecular weight is 294 g/mol. The van der Waals surface area contributed by atoms with Gasteiger partial charge in [0, 0.05) is 6.54 Å². The Morgan fingerprint density at radius 1 is 1.23 bits per heavy atom. The van der Waals surface area contributed by atoms with Gasteiger partial charge in [-0.3, -0.25) is 9.36 Å². The van der Waals surface area contributed by atoms with E-state index in [1.165, 1.54) is 0 Å². The maximum atomic E-state index is 12.5. The van der Waals surface area contributed by atoms with Gasteiger partial charge in [0.25, 0.3) is 5.56 Å². The van der Waals surface area contributed by atoms with Gasteiger partial charge in [-0.05, 0) is 44.0 Å². The highest BCUT2D eigenvalue weighted by atomic mass is 16.1. The van der Waals surface area contributed by atoms with Crippen molar-refractivity contribution in [3.05, 3.63) is 64.4 Å². The number of nitrogens with zero attached hydrogens (tertiary/aromatic N) is 4. The summed E-state index contributed by atoms with van der Waals surface area (Å²) in [4.78, 5) is 16.9. The molecule has 5 nitrogen and oxygen atoms in total. The minimum atomic E-state index is -0.0939. The summed E-state index contributed by atoms with van der Waals surface area (Å²) in [5.41, 5.74) is 4.60. The molecule has 5 heteroatoms.